The van der Waals surface area contributed by atoms with Gasteiger partial charge in [0.2, 0.25) is 11.9 Å². The van der Waals surface area contributed by atoms with E-state index in [1.807, 2.05) is 38.1 Å². The van der Waals surface area contributed by atoms with Gasteiger partial charge in [0.05, 0.1) is 31.1 Å². The number of amides is 1. The van der Waals surface area contributed by atoms with Crippen molar-refractivity contribution in [3.8, 4) is 0 Å². The molecule has 2 saturated heterocycles. The lowest BCUT2D eigenvalue weighted by Crippen LogP contribution is -2.38. The first-order valence-electron chi connectivity index (χ1n) is 10.5. The zero-order valence-electron chi connectivity index (χ0n) is 17.5. The lowest BCUT2D eigenvalue weighted by Gasteiger charge is -2.28. The minimum absolute atomic E-state index is 0.0524. The van der Waals surface area contributed by atoms with E-state index in [0.29, 0.717) is 19.8 Å². The molecular formula is C21H29N5O3S. The maximum absolute atomic E-state index is 12.7. The monoisotopic (exact) mass is 431 g/mol. The molecule has 9 heteroatoms. The fraction of sp³-hybridized carbons (Fsp3) is 0.571. The highest BCUT2D eigenvalue weighted by atomic mass is 32.2. The Morgan fingerprint density at radius 2 is 2.00 bits per heavy atom. The molecule has 2 aliphatic heterocycles. The fourth-order valence-electron chi connectivity index (χ4n) is 3.61. The minimum Gasteiger partial charge on any atom is -0.378 e. The number of nitrogens with one attached hydrogen (secondary N) is 1. The van der Waals surface area contributed by atoms with Gasteiger partial charge in [-0.1, -0.05) is 29.5 Å². The third-order valence-corrected chi connectivity index (χ3v) is 6.45. The molecule has 2 aliphatic rings. The van der Waals surface area contributed by atoms with E-state index in [1.54, 1.807) is 0 Å². The molecule has 162 valence electrons. The van der Waals surface area contributed by atoms with Crippen molar-refractivity contribution in [1.82, 2.24) is 14.8 Å². The van der Waals surface area contributed by atoms with Crippen LogP contribution in [0.3, 0.4) is 0 Å². The number of aromatic nitrogens is 3. The van der Waals surface area contributed by atoms with Crippen LogP contribution < -0.4 is 10.2 Å². The number of ether oxygens (including phenoxy) is 2. The van der Waals surface area contributed by atoms with Gasteiger partial charge in [-0.15, -0.1) is 10.2 Å². The first-order valence-corrected chi connectivity index (χ1v) is 11.4. The van der Waals surface area contributed by atoms with E-state index in [-0.39, 0.29) is 17.3 Å². The summed E-state index contributed by atoms with van der Waals surface area (Å²) in [4.78, 5) is 14.9. The predicted octanol–water partition coefficient (Wildman–Crippen LogP) is 2.72. The number of morpholine rings is 1. The van der Waals surface area contributed by atoms with E-state index in [1.165, 1.54) is 11.8 Å². The van der Waals surface area contributed by atoms with E-state index in [4.69, 9.17) is 9.47 Å². The highest BCUT2D eigenvalue weighted by Gasteiger charge is 2.27. The molecule has 2 aromatic rings. The van der Waals surface area contributed by atoms with Crippen molar-refractivity contribution in [3.63, 3.8) is 0 Å². The van der Waals surface area contributed by atoms with E-state index < -0.39 is 0 Å². The molecule has 0 bridgehead atoms. The third-order valence-electron chi connectivity index (χ3n) is 5.37. The van der Waals surface area contributed by atoms with Gasteiger partial charge in [-0.2, -0.15) is 0 Å². The highest BCUT2D eigenvalue weighted by molar-refractivity contribution is 8.00. The number of aryl methyl sites for hydroxylation is 1. The van der Waals surface area contributed by atoms with Gasteiger partial charge in [-0.3, -0.25) is 9.36 Å². The van der Waals surface area contributed by atoms with Crippen LogP contribution in [-0.2, 0) is 20.8 Å². The number of hydrogen-bond donors (Lipinski definition) is 1. The first-order chi connectivity index (χ1) is 14.6. The lowest BCUT2D eigenvalue weighted by molar-refractivity contribution is -0.115. The zero-order valence-corrected chi connectivity index (χ0v) is 18.4. The summed E-state index contributed by atoms with van der Waals surface area (Å²) in [5.41, 5.74) is 1.96. The number of thioether (sulfide) groups is 1. The SMILES string of the molecule is Cc1ccc(NC(=O)C(C)Sc2nnc(N3CCOCC3)n2CC2CCCO2)cc1. The molecule has 1 aromatic carbocycles. The zero-order chi connectivity index (χ0) is 20.9. The second-order valence-corrected chi connectivity index (χ2v) is 9.05. The summed E-state index contributed by atoms with van der Waals surface area (Å²) in [6.07, 6.45) is 2.28. The molecule has 0 aliphatic carbocycles. The largest absolute Gasteiger partial charge is 0.378 e. The maximum atomic E-state index is 12.7. The number of rotatable bonds is 7. The van der Waals surface area contributed by atoms with E-state index in [9.17, 15) is 4.79 Å². The van der Waals surface area contributed by atoms with Crippen molar-refractivity contribution in [3.05, 3.63) is 29.8 Å². The van der Waals surface area contributed by atoms with Crippen molar-refractivity contribution >= 4 is 29.3 Å². The maximum Gasteiger partial charge on any atom is 0.237 e. The van der Waals surface area contributed by atoms with Crippen LogP contribution in [0, 0.1) is 6.92 Å². The number of nitrogens with zero attached hydrogens (tertiary/aromatic N) is 4. The van der Waals surface area contributed by atoms with Crippen LogP contribution in [0.15, 0.2) is 29.4 Å². The van der Waals surface area contributed by atoms with Gasteiger partial charge in [0.1, 0.15) is 0 Å². The summed E-state index contributed by atoms with van der Waals surface area (Å²) in [6, 6.07) is 7.81. The van der Waals surface area contributed by atoms with Gasteiger partial charge in [-0.25, -0.2) is 0 Å². The molecule has 0 saturated carbocycles. The number of anilines is 2. The first kappa shape index (κ1) is 21.1. The third kappa shape index (κ3) is 5.14. The van der Waals surface area contributed by atoms with Gasteiger partial charge in [0, 0.05) is 25.4 Å². The van der Waals surface area contributed by atoms with Crippen molar-refractivity contribution in [2.24, 2.45) is 0 Å². The predicted molar refractivity (Wildman–Crippen MR) is 117 cm³/mol. The van der Waals surface area contributed by atoms with Crippen LogP contribution in [0.4, 0.5) is 11.6 Å². The fourth-order valence-corrected chi connectivity index (χ4v) is 4.46. The molecule has 2 atom stereocenters. The Balaban J connectivity index is 1.48. The Kier molecular flexibility index (Phi) is 6.91. The summed E-state index contributed by atoms with van der Waals surface area (Å²) in [5.74, 6) is 0.783. The van der Waals surface area contributed by atoms with Crippen molar-refractivity contribution < 1.29 is 14.3 Å². The number of carbonyl (C=O) groups is 1. The van der Waals surface area contributed by atoms with Crippen molar-refractivity contribution in [2.75, 3.05) is 43.1 Å². The minimum atomic E-state index is -0.309. The number of benzene rings is 1. The smallest absolute Gasteiger partial charge is 0.237 e. The summed E-state index contributed by atoms with van der Waals surface area (Å²) >= 11 is 1.43. The van der Waals surface area contributed by atoms with Gasteiger partial charge in [0.25, 0.3) is 0 Å². The summed E-state index contributed by atoms with van der Waals surface area (Å²) in [6.45, 7) is 8.38. The van der Waals surface area contributed by atoms with Crippen LogP contribution in [0.25, 0.3) is 0 Å². The van der Waals surface area contributed by atoms with Crippen LogP contribution in [0.1, 0.15) is 25.3 Å². The Labute approximate surface area is 181 Å². The molecule has 1 amide bonds. The van der Waals surface area contributed by atoms with Crippen molar-refractivity contribution in [2.45, 2.75) is 49.7 Å². The molecule has 0 radical (unpaired) electrons. The average molecular weight is 432 g/mol. The molecule has 2 fully saturated rings. The molecular weight excluding hydrogens is 402 g/mol. The number of carbonyl (C=O) groups excluding carboxylic acids is 1. The van der Waals surface area contributed by atoms with Crippen LogP contribution in [0.2, 0.25) is 0 Å². The standard InChI is InChI=1S/C21H29N5O3S/c1-15-5-7-17(8-6-15)22-19(27)16(2)30-21-24-23-20(25-9-12-28-13-10-25)26(21)14-18-4-3-11-29-18/h5-8,16,18H,3-4,9-14H2,1-2H3,(H,22,27). The number of hydrogen-bond acceptors (Lipinski definition) is 7. The van der Waals surface area contributed by atoms with Crippen LogP contribution in [0.5, 0.6) is 0 Å². The van der Waals surface area contributed by atoms with Gasteiger partial charge >= 0.3 is 0 Å². The topological polar surface area (TPSA) is 81.5 Å². The molecule has 30 heavy (non-hydrogen) atoms. The summed E-state index contributed by atoms with van der Waals surface area (Å²) in [7, 11) is 0. The Morgan fingerprint density at radius 3 is 2.70 bits per heavy atom. The second-order valence-electron chi connectivity index (χ2n) is 7.74. The van der Waals surface area contributed by atoms with Crippen LogP contribution >= 0.6 is 11.8 Å². The molecule has 1 aromatic heterocycles. The molecule has 8 nitrogen and oxygen atoms in total. The Morgan fingerprint density at radius 1 is 1.23 bits per heavy atom. The average Bonchev–Trinajstić information content (AvgIpc) is 3.41. The Hall–Kier alpha value is -2.10. The molecule has 1 N–H and O–H groups in total. The molecule has 4 rings (SSSR count). The second kappa shape index (κ2) is 9.80. The van der Waals surface area contributed by atoms with E-state index in [2.05, 4.69) is 25.0 Å². The summed E-state index contributed by atoms with van der Waals surface area (Å²) in [5, 5.41) is 12.3. The van der Waals surface area contributed by atoms with Gasteiger partial charge in [-0.05, 0) is 38.8 Å². The van der Waals surface area contributed by atoms with E-state index >= 15 is 0 Å². The lowest BCUT2D eigenvalue weighted by atomic mass is 10.2. The Bertz CT molecular complexity index is 845. The van der Waals surface area contributed by atoms with E-state index in [0.717, 1.165) is 54.9 Å². The van der Waals surface area contributed by atoms with Crippen LogP contribution in [-0.4, -0.2) is 64.9 Å². The van der Waals surface area contributed by atoms with Crippen molar-refractivity contribution in [1.29, 1.82) is 0 Å². The molecule has 3 heterocycles. The molecule has 2 unspecified atom stereocenters. The normalized spacial score (nSPS) is 20.3. The van der Waals surface area contributed by atoms with Gasteiger partial charge < -0.3 is 19.7 Å². The summed E-state index contributed by atoms with van der Waals surface area (Å²) < 4.78 is 13.4. The molecule has 0 spiro atoms. The highest BCUT2D eigenvalue weighted by Crippen LogP contribution is 2.28. The quantitative estimate of drug-likeness (QED) is 0.675. The van der Waals surface area contributed by atoms with Gasteiger partial charge in [0.15, 0.2) is 5.16 Å².